The molecular weight excluding hydrogens is 364 g/mol. The number of carbonyl (C=O) groups excluding carboxylic acids is 2. The van der Waals surface area contributed by atoms with Crippen LogP contribution in [0.3, 0.4) is 0 Å². The van der Waals surface area contributed by atoms with Crippen LogP contribution in [-0.4, -0.2) is 44.0 Å². The zero-order chi connectivity index (χ0) is 21.8. The molecule has 0 fully saturated rings. The molecular formula is C23H40N4O2. The zero-order valence-electron chi connectivity index (χ0n) is 19.2. The van der Waals surface area contributed by atoms with Gasteiger partial charge in [-0.1, -0.05) is 34.1 Å². The molecule has 6 nitrogen and oxygen atoms in total. The fourth-order valence-corrected chi connectivity index (χ4v) is 3.42. The summed E-state index contributed by atoms with van der Waals surface area (Å²) in [5.74, 6) is 0.284. The smallest absolute Gasteiger partial charge is 0.319 e. The van der Waals surface area contributed by atoms with Crippen molar-refractivity contribution in [2.75, 3.05) is 37.4 Å². The normalized spacial score (nSPS) is 10.7. The number of hydrogen-bond donors (Lipinski definition) is 2. The molecule has 0 radical (unpaired) electrons. The number of anilines is 2. The highest BCUT2D eigenvalue weighted by Gasteiger charge is 2.22. The second-order valence-corrected chi connectivity index (χ2v) is 7.75. The van der Waals surface area contributed by atoms with E-state index in [-0.39, 0.29) is 17.9 Å². The fraction of sp³-hybridized carbons (Fsp3) is 0.652. The molecule has 0 saturated carbocycles. The lowest BCUT2D eigenvalue weighted by atomic mass is 10.0. The van der Waals surface area contributed by atoms with Gasteiger partial charge in [0.25, 0.3) is 0 Å². The molecule has 164 valence electrons. The van der Waals surface area contributed by atoms with Gasteiger partial charge in [0.1, 0.15) is 0 Å². The number of nitrogens with zero attached hydrogens (tertiary/aromatic N) is 2. The molecule has 3 amide bonds. The maximum Gasteiger partial charge on any atom is 0.319 e. The number of rotatable bonds is 12. The van der Waals surface area contributed by atoms with Crippen molar-refractivity contribution in [2.24, 2.45) is 5.92 Å². The maximum absolute atomic E-state index is 13.0. The molecule has 0 spiro atoms. The average Bonchev–Trinajstić information content (AvgIpc) is 2.68. The molecule has 0 aliphatic heterocycles. The van der Waals surface area contributed by atoms with Crippen LogP contribution in [0.4, 0.5) is 16.2 Å². The minimum Gasteiger partial charge on any atom is -0.377 e. The summed E-state index contributed by atoms with van der Waals surface area (Å²) in [6.07, 6.45) is 4.63. The Kier molecular flexibility index (Phi) is 11.2. The Labute approximate surface area is 177 Å². The van der Waals surface area contributed by atoms with Gasteiger partial charge >= 0.3 is 6.03 Å². The van der Waals surface area contributed by atoms with Crippen LogP contribution in [0.15, 0.2) is 18.2 Å². The van der Waals surface area contributed by atoms with Gasteiger partial charge in [0.15, 0.2) is 0 Å². The van der Waals surface area contributed by atoms with Crippen molar-refractivity contribution < 1.29 is 9.59 Å². The Morgan fingerprint density at radius 1 is 1.03 bits per heavy atom. The number of urea groups is 1. The SMILES string of the molecule is CCCCNC(=O)Nc1ccc(N(C)C)c(CN(CCC)C(=O)C(CC)CC)c1. The van der Waals surface area contributed by atoms with Crippen LogP contribution in [0.25, 0.3) is 0 Å². The predicted molar refractivity (Wildman–Crippen MR) is 122 cm³/mol. The quantitative estimate of drug-likeness (QED) is 0.490. The second kappa shape index (κ2) is 13.1. The van der Waals surface area contributed by atoms with E-state index in [1.165, 1.54) is 0 Å². The first-order valence-electron chi connectivity index (χ1n) is 11.0. The fourth-order valence-electron chi connectivity index (χ4n) is 3.42. The van der Waals surface area contributed by atoms with E-state index in [9.17, 15) is 9.59 Å². The van der Waals surface area contributed by atoms with Crippen LogP contribution in [0.5, 0.6) is 0 Å². The van der Waals surface area contributed by atoms with Crippen LogP contribution in [0.2, 0.25) is 0 Å². The van der Waals surface area contributed by atoms with Gasteiger partial charge in [0.05, 0.1) is 0 Å². The summed E-state index contributed by atoms with van der Waals surface area (Å²) < 4.78 is 0. The Morgan fingerprint density at radius 3 is 2.28 bits per heavy atom. The molecule has 0 saturated heterocycles. The molecule has 0 unspecified atom stereocenters. The Morgan fingerprint density at radius 2 is 1.72 bits per heavy atom. The molecule has 0 heterocycles. The van der Waals surface area contributed by atoms with Gasteiger partial charge in [-0.15, -0.1) is 0 Å². The van der Waals surface area contributed by atoms with Gasteiger partial charge in [-0.05, 0) is 49.4 Å². The van der Waals surface area contributed by atoms with E-state index >= 15 is 0 Å². The molecule has 0 aromatic heterocycles. The molecule has 1 rings (SSSR count). The van der Waals surface area contributed by atoms with Gasteiger partial charge < -0.3 is 20.4 Å². The highest BCUT2D eigenvalue weighted by atomic mass is 16.2. The van der Waals surface area contributed by atoms with Gasteiger partial charge in [0, 0.05) is 51.0 Å². The molecule has 6 heteroatoms. The number of benzene rings is 1. The molecule has 1 aromatic rings. The minimum absolute atomic E-state index is 0.0648. The van der Waals surface area contributed by atoms with Gasteiger partial charge in [-0.2, -0.15) is 0 Å². The van der Waals surface area contributed by atoms with Gasteiger partial charge in [-0.3, -0.25) is 4.79 Å². The summed E-state index contributed by atoms with van der Waals surface area (Å²) >= 11 is 0. The number of unbranched alkanes of at least 4 members (excludes halogenated alkanes) is 1. The van der Waals surface area contributed by atoms with Gasteiger partial charge in [0.2, 0.25) is 5.91 Å². The predicted octanol–water partition coefficient (Wildman–Crippen LogP) is 4.85. The number of carbonyl (C=O) groups is 2. The third-order valence-electron chi connectivity index (χ3n) is 5.14. The summed E-state index contributed by atoms with van der Waals surface area (Å²) in [6, 6.07) is 5.70. The summed E-state index contributed by atoms with van der Waals surface area (Å²) in [6.45, 7) is 10.3. The number of nitrogens with one attached hydrogen (secondary N) is 2. The lowest BCUT2D eigenvalue weighted by Gasteiger charge is -2.28. The zero-order valence-corrected chi connectivity index (χ0v) is 19.2. The summed E-state index contributed by atoms with van der Waals surface area (Å²) in [5.41, 5.74) is 2.83. The van der Waals surface area contributed by atoms with Crippen molar-refractivity contribution in [1.82, 2.24) is 10.2 Å². The second-order valence-electron chi connectivity index (χ2n) is 7.75. The Hall–Kier alpha value is -2.24. The minimum atomic E-state index is -0.194. The molecule has 1 aromatic carbocycles. The molecule has 0 aliphatic rings. The van der Waals surface area contributed by atoms with E-state index in [0.717, 1.165) is 55.6 Å². The van der Waals surface area contributed by atoms with E-state index in [1.54, 1.807) is 0 Å². The highest BCUT2D eigenvalue weighted by molar-refractivity contribution is 5.89. The molecule has 0 bridgehead atoms. The topological polar surface area (TPSA) is 64.7 Å². The summed E-state index contributed by atoms with van der Waals surface area (Å²) in [4.78, 5) is 29.2. The van der Waals surface area contributed by atoms with Crippen molar-refractivity contribution >= 4 is 23.3 Å². The van der Waals surface area contributed by atoms with Crippen molar-refractivity contribution in [3.05, 3.63) is 23.8 Å². The number of hydrogen-bond acceptors (Lipinski definition) is 3. The number of amides is 3. The maximum atomic E-state index is 13.0. The van der Waals surface area contributed by atoms with Crippen LogP contribution in [0, 0.1) is 5.92 Å². The lowest BCUT2D eigenvalue weighted by Crippen LogP contribution is -2.36. The summed E-state index contributed by atoms with van der Waals surface area (Å²) in [5, 5.41) is 5.79. The average molecular weight is 405 g/mol. The first-order valence-corrected chi connectivity index (χ1v) is 11.0. The third-order valence-corrected chi connectivity index (χ3v) is 5.14. The van der Waals surface area contributed by atoms with Crippen LogP contribution in [-0.2, 0) is 11.3 Å². The van der Waals surface area contributed by atoms with Crippen molar-refractivity contribution in [3.63, 3.8) is 0 Å². The van der Waals surface area contributed by atoms with Crippen LogP contribution in [0.1, 0.15) is 65.4 Å². The van der Waals surface area contributed by atoms with Crippen LogP contribution >= 0.6 is 0 Å². The first-order chi connectivity index (χ1) is 13.9. The van der Waals surface area contributed by atoms with E-state index < -0.39 is 0 Å². The van der Waals surface area contributed by atoms with Gasteiger partial charge in [-0.25, -0.2) is 4.79 Å². The molecule has 29 heavy (non-hydrogen) atoms. The standard InChI is InChI=1S/C23H40N4O2/c1-7-11-14-24-23(29)25-20-12-13-21(26(5)6)19(16-20)17-27(15-8-2)22(28)18(9-3)10-4/h12-13,16,18H,7-11,14-15,17H2,1-6H3,(H2,24,25,29). The Bertz CT molecular complexity index is 642. The Balaban J connectivity index is 3.05. The van der Waals surface area contributed by atoms with Crippen molar-refractivity contribution in [2.45, 2.75) is 66.3 Å². The van der Waals surface area contributed by atoms with E-state index in [1.807, 2.05) is 42.1 Å². The molecule has 2 N–H and O–H groups in total. The largest absolute Gasteiger partial charge is 0.377 e. The van der Waals surface area contributed by atoms with E-state index in [2.05, 4.69) is 38.3 Å². The van der Waals surface area contributed by atoms with E-state index in [0.29, 0.717) is 13.1 Å². The third kappa shape index (κ3) is 7.95. The monoisotopic (exact) mass is 404 g/mol. The van der Waals surface area contributed by atoms with E-state index in [4.69, 9.17) is 0 Å². The molecule has 0 atom stereocenters. The van der Waals surface area contributed by atoms with Crippen molar-refractivity contribution in [1.29, 1.82) is 0 Å². The van der Waals surface area contributed by atoms with Crippen molar-refractivity contribution in [3.8, 4) is 0 Å². The first kappa shape index (κ1) is 24.8. The summed E-state index contributed by atoms with van der Waals surface area (Å²) in [7, 11) is 3.99. The molecule has 0 aliphatic carbocycles. The lowest BCUT2D eigenvalue weighted by molar-refractivity contribution is -0.136. The van der Waals surface area contributed by atoms with Crippen LogP contribution < -0.4 is 15.5 Å². The highest BCUT2D eigenvalue weighted by Crippen LogP contribution is 2.26.